The number of nitrogens with zero attached hydrogens (tertiary/aromatic N) is 3. The molecule has 0 radical (unpaired) electrons. The van der Waals surface area contributed by atoms with E-state index in [-0.39, 0.29) is 0 Å². The summed E-state index contributed by atoms with van der Waals surface area (Å²) in [5, 5.41) is 4.75. The van der Waals surface area contributed by atoms with Crippen LogP contribution in [0, 0.1) is 0 Å². The third kappa shape index (κ3) is 1.81. The summed E-state index contributed by atoms with van der Waals surface area (Å²) in [7, 11) is 0. The number of imidazole rings is 1. The third-order valence-corrected chi connectivity index (χ3v) is 3.96. The van der Waals surface area contributed by atoms with Crippen LogP contribution in [0.5, 0.6) is 0 Å². The lowest BCUT2D eigenvalue weighted by Crippen LogP contribution is -1.96. The van der Waals surface area contributed by atoms with E-state index >= 15 is 0 Å². The summed E-state index contributed by atoms with van der Waals surface area (Å²) < 4.78 is 1.76. The van der Waals surface area contributed by atoms with Crippen molar-refractivity contribution in [2.75, 3.05) is 0 Å². The lowest BCUT2D eigenvalue weighted by Gasteiger charge is -2.04. The first kappa shape index (κ1) is 11.0. The lowest BCUT2D eigenvalue weighted by molar-refractivity contribution is 0.906. The zero-order valence-electron chi connectivity index (χ0n) is 10.2. The molecule has 0 amide bonds. The summed E-state index contributed by atoms with van der Waals surface area (Å²) in [5.74, 6) is 1.09. The van der Waals surface area contributed by atoms with E-state index in [0.29, 0.717) is 17.0 Å². The molecule has 0 bridgehead atoms. The van der Waals surface area contributed by atoms with Gasteiger partial charge in [0.25, 0.3) is 0 Å². The van der Waals surface area contributed by atoms with E-state index in [9.17, 15) is 0 Å². The Morgan fingerprint density at radius 2 is 2.00 bits per heavy atom. The van der Waals surface area contributed by atoms with E-state index in [1.165, 1.54) is 11.1 Å². The van der Waals surface area contributed by atoms with Gasteiger partial charge in [0, 0.05) is 18.0 Å². The molecule has 1 saturated carbocycles. The molecule has 3 aromatic rings. The molecule has 0 saturated heterocycles. The van der Waals surface area contributed by atoms with Crippen molar-refractivity contribution in [3.05, 3.63) is 65.1 Å². The van der Waals surface area contributed by atoms with Gasteiger partial charge in [-0.15, -0.1) is 0 Å². The van der Waals surface area contributed by atoms with Crippen LogP contribution in [0.4, 0.5) is 0 Å². The van der Waals surface area contributed by atoms with Crippen LogP contribution in [0.1, 0.15) is 29.4 Å². The maximum absolute atomic E-state index is 6.09. The minimum Gasteiger partial charge on any atom is -0.235 e. The zero-order valence-corrected chi connectivity index (χ0v) is 11.0. The van der Waals surface area contributed by atoms with Crippen LogP contribution in [0.3, 0.4) is 0 Å². The van der Waals surface area contributed by atoms with E-state index < -0.39 is 0 Å². The highest BCUT2D eigenvalue weighted by molar-refractivity contribution is 6.29. The SMILES string of the molecule is Clc1cc([C@H]2C[C@@H]2c2ccccc2)c2nccn2n1. The van der Waals surface area contributed by atoms with E-state index in [4.69, 9.17) is 11.6 Å². The Labute approximate surface area is 115 Å². The Bertz CT molecular complexity index is 735. The van der Waals surface area contributed by atoms with E-state index in [2.05, 4.69) is 40.4 Å². The minimum atomic E-state index is 0.507. The van der Waals surface area contributed by atoms with Gasteiger partial charge in [-0.1, -0.05) is 41.9 Å². The largest absolute Gasteiger partial charge is 0.235 e. The fraction of sp³-hybridized carbons (Fsp3) is 0.200. The van der Waals surface area contributed by atoms with Gasteiger partial charge in [0.15, 0.2) is 5.65 Å². The Hall–Kier alpha value is -1.87. The Kier molecular flexibility index (Phi) is 2.35. The molecule has 2 atom stereocenters. The fourth-order valence-corrected chi connectivity index (χ4v) is 2.99. The van der Waals surface area contributed by atoms with Crippen LogP contribution in [0.2, 0.25) is 5.15 Å². The topological polar surface area (TPSA) is 30.2 Å². The third-order valence-electron chi connectivity index (χ3n) is 3.78. The number of hydrogen-bond donors (Lipinski definition) is 0. The smallest absolute Gasteiger partial charge is 0.157 e. The Balaban J connectivity index is 1.75. The highest BCUT2D eigenvalue weighted by Gasteiger charge is 2.41. The molecule has 0 N–H and O–H groups in total. The number of benzene rings is 1. The normalized spacial score (nSPS) is 21.7. The van der Waals surface area contributed by atoms with Crippen LogP contribution < -0.4 is 0 Å². The van der Waals surface area contributed by atoms with Crippen LogP contribution in [-0.2, 0) is 0 Å². The van der Waals surface area contributed by atoms with Gasteiger partial charge in [-0.25, -0.2) is 9.50 Å². The highest BCUT2D eigenvalue weighted by Crippen LogP contribution is 2.55. The Morgan fingerprint density at radius 3 is 2.84 bits per heavy atom. The van der Waals surface area contributed by atoms with E-state index in [1.54, 1.807) is 10.7 Å². The molecular weight excluding hydrogens is 258 g/mol. The number of fused-ring (bicyclic) bond motifs is 1. The van der Waals surface area contributed by atoms with E-state index in [0.717, 1.165) is 12.1 Å². The van der Waals surface area contributed by atoms with Crippen molar-refractivity contribution in [1.29, 1.82) is 0 Å². The molecule has 1 aromatic carbocycles. The van der Waals surface area contributed by atoms with Gasteiger partial charge >= 0.3 is 0 Å². The lowest BCUT2D eigenvalue weighted by atomic mass is 10.1. The second-order valence-electron chi connectivity index (χ2n) is 4.98. The van der Waals surface area contributed by atoms with Gasteiger partial charge < -0.3 is 0 Å². The molecule has 2 aromatic heterocycles. The van der Waals surface area contributed by atoms with Gasteiger partial charge in [0.1, 0.15) is 5.15 Å². The number of rotatable bonds is 2. The molecule has 4 heteroatoms. The van der Waals surface area contributed by atoms with E-state index in [1.807, 2.05) is 12.3 Å². The first-order valence-corrected chi connectivity index (χ1v) is 6.75. The maximum atomic E-state index is 6.09. The molecule has 3 nitrogen and oxygen atoms in total. The predicted octanol–water partition coefficient (Wildman–Crippen LogP) is 3.65. The molecule has 0 aliphatic heterocycles. The second kappa shape index (κ2) is 4.07. The average Bonchev–Trinajstić information content (AvgIpc) is 3.10. The van der Waals surface area contributed by atoms with Crippen molar-refractivity contribution >= 4 is 17.2 Å². The molecule has 94 valence electrons. The zero-order chi connectivity index (χ0) is 12.8. The number of aromatic nitrogens is 3. The monoisotopic (exact) mass is 269 g/mol. The molecule has 4 rings (SSSR count). The van der Waals surface area contributed by atoms with Gasteiger partial charge in [-0.3, -0.25) is 0 Å². The molecule has 1 aliphatic carbocycles. The predicted molar refractivity (Wildman–Crippen MR) is 74.5 cm³/mol. The van der Waals surface area contributed by atoms with Crippen LogP contribution in [-0.4, -0.2) is 14.6 Å². The highest BCUT2D eigenvalue weighted by atomic mass is 35.5. The maximum Gasteiger partial charge on any atom is 0.157 e. The summed E-state index contributed by atoms with van der Waals surface area (Å²) in [4.78, 5) is 4.39. The molecule has 1 aliphatic rings. The first-order valence-electron chi connectivity index (χ1n) is 6.37. The van der Waals surface area contributed by atoms with Crippen molar-refractivity contribution < 1.29 is 0 Å². The quantitative estimate of drug-likeness (QED) is 0.711. The molecule has 19 heavy (non-hydrogen) atoms. The standard InChI is InChI=1S/C15H12ClN3/c16-14-9-13(15-17-6-7-19(15)18-14)12-8-11(12)10-4-2-1-3-5-10/h1-7,9,11-12H,8H2/t11-,12+/m1/s1. The van der Waals surface area contributed by atoms with Crippen LogP contribution in [0.15, 0.2) is 48.8 Å². The number of hydrogen-bond acceptors (Lipinski definition) is 2. The molecule has 2 heterocycles. The summed E-state index contributed by atoms with van der Waals surface area (Å²) in [6.45, 7) is 0. The van der Waals surface area contributed by atoms with Crippen molar-refractivity contribution in [2.24, 2.45) is 0 Å². The average molecular weight is 270 g/mol. The van der Waals surface area contributed by atoms with Gasteiger partial charge in [0.05, 0.1) is 0 Å². The van der Waals surface area contributed by atoms with Gasteiger partial charge in [0.2, 0.25) is 0 Å². The fourth-order valence-electron chi connectivity index (χ4n) is 2.79. The minimum absolute atomic E-state index is 0.507. The van der Waals surface area contributed by atoms with Crippen molar-refractivity contribution in [2.45, 2.75) is 18.3 Å². The molecule has 0 unspecified atom stereocenters. The summed E-state index contributed by atoms with van der Waals surface area (Å²) in [6, 6.07) is 12.6. The summed E-state index contributed by atoms with van der Waals surface area (Å²) >= 11 is 6.09. The van der Waals surface area contributed by atoms with Crippen molar-refractivity contribution in [3.63, 3.8) is 0 Å². The molecule has 1 fully saturated rings. The summed E-state index contributed by atoms with van der Waals surface area (Å²) in [6.07, 6.45) is 4.76. The first-order chi connectivity index (χ1) is 9.33. The molecule has 0 spiro atoms. The summed E-state index contributed by atoms with van der Waals surface area (Å²) in [5.41, 5.74) is 3.52. The van der Waals surface area contributed by atoms with Crippen LogP contribution in [0.25, 0.3) is 5.65 Å². The Morgan fingerprint density at radius 1 is 1.16 bits per heavy atom. The van der Waals surface area contributed by atoms with Gasteiger partial charge in [-0.2, -0.15) is 5.10 Å². The second-order valence-corrected chi connectivity index (χ2v) is 5.36. The van der Waals surface area contributed by atoms with Gasteiger partial charge in [-0.05, 0) is 29.9 Å². The molecular formula is C15H12ClN3. The van der Waals surface area contributed by atoms with Crippen molar-refractivity contribution in [3.8, 4) is 0 Å². The van der Waals surface area contributed by atoms with Crippen molar-refractivity contribution in [1.82, 2.24) is 14.6 Å². The number of halogens is 1. The van der Waals surface area contributed by atoms with Crippen LogP contribution >= 0.6 is 11.6 Å².